The normalized spacial score (nSPS) is 11.8. The van der Waals surface area contributed by atoms with Crippen molar-refractivity contribution in [3.05, 3.63) is 40.3 Å². The van der Waals surface area contributed by atoms with Gasteiger partial charge in [0.25, 0.3) is 0 Å². The number of benzene rings is 1. The number of halogens is 2. The summed E-state index contributed by atoms with van der Waals surface area (Å²) in [6, 6.07) is 2.11. The predicted octanol–water partition coefficient (Wildman–Crippen LogP) is 1.14. The van der Waals surface area contributed by atoms with Crippen molar-refractivity contribution < 1.29 is 22.4 Å². The second-order valence-corrected chi connectivity index (χ2v) is 6.26. The van der Waals surface area contributed by atoms with Gasteiger partial charge in [0.15, 0.2) is 5.82 Å². The second-order valence-electron chi connectivity index (χ2n) is 4.09. The van der Waals surface area contributed by atoms with Gasteiger partial charge in [0.1, 0.15) is 10.7 Å². The monoisotopic (exact) mass is 335 g/mol. The lowest BCUT2D eigenvalue weighted by Gasteiger charge is -2.09. The van der Waals surface area contributed by atoms with Gasteiger partial charge in [0, 0.05) is 17.5 Å². The Morgan fingerprint density at radius 2 is 2.19 bits per heavy atom. The van der Waals surface area contributed by atoms with Crippen LogP contribution in [0.4, 0.5) is 4.39 Å². The highest BCUT2D eigenvalue weighted by Crippen LogP contribution is 2.23. The van der Waals surface area contributed by atoms with Gasteiger partial charge in [-0.05, 0) is 12.1 Å². The number of aliphatic hydroxyl groups is 1. The van der Waals surface area contributed by atoms with E-state index in [-0.39, 0.29) is 28.8 Å². The third-order valence-electron chi connectivity index (χ3n) is 2.53. The van der Waals surface area contributed by atoms with E-state index in [1.54, 1.807) is 6.92 Å². The van der Waals surface area contributed by atoms with Crippen LogP contribution in [0.15, 0.2) is 21.6 Å². The lowest BCUT2D eigenvalue weighted by atomic mass is 10.2. The Hall–Kier alpha value is -1.55. The molecule has 0 radical (unpaired) electrons. The van der Waals surface area contributed by atoms with Gasteiger partial charge < -0.3 is 9.63 Å². The summed E-state index contributed by atoms with van der Waals surface area (Å²) in [4.78, 5) is 3.16. The Bertz CT molecular complexity index is 763. The summed E-state index contributed by atoms with van der Waals surface area (Å²) in [6.45, 7) is 0.619. The first kappa shape index (κ1) is 15.8. The highest BCUT2D eigenvalue weighted by Gasteiger charge is 2.22. The minimum Gasteiger partial charge on any atom is -0.392 e. The van der Waals surface area contributed by atoms with Gasteiger partial charge in [-0.2, -0.15) is 4.98 Å². The van der Waals surface area contributed by atoms with Crippen LogP contribution in [0.1, 0.15) is 17.3 Å². The first-order valence-corrected chi connectivity index (χ1v) is 7.57. The van der Waals surface area contributed by atoms with Crippen LogP contribution < -0.4 is 4.72 Å². The number of nitrogens with zero attached hydrogens (tertiary/aromatic N) is 2. The molecule has 1 aromatic carbocycles. The van der Waals surface area contributed by atoms with Crippen LogP contribution in [0.5, 0.6) is 0 Å². The molecule has 0 atom stereocenters. The standard InChI is InChI=1S/C11H11ClFN3O4S/c1-6-15-10(16-20-6)4-14-21(18,19)9-3-8(12)2-7(5-17)11(9)13/h2-3,14,17H,4-5H2,1H3. The van der Waals surface area contributed by atoms with Gasteiger partial charge >= 0.3 is 0 Å². The molecule has 21 heavy (non-hydrogen) atoms. The number of hydrogen-bond acceptors (Lipinski definition) is 6. The third-order valence-corrected chi connectivity index (χ3v) is 4.15. The minimum absolute atomic E-state index is 0.00349. The van der Waals surface area contributed by atoms with Crippen molar-refractivity contribution in [1.82, 2.24) is 14.9 Å². The van der Waals surface area contributed by atoms with Crippen molar-refractivity contribution in [2.45, 2.75) is 25.0 Å². The molecule has 0 amide bonds. The molecule has 0 saturated carbocycles. The molecule has 10 heteroatoms. The maximum Gasteiger partial charge on any atom is 0.243 e. The van der Waals surface area contributed by atoms with Crippen molar-refractivity contribution in [3.8, 4) is 0 Å². The molecule has 0 saturated heterocycles. The maximum atomic E-state index is 14.0. The Kier molecular flexibility index (Phi) is 4.57. The summed E-state index contributed by atoms with van der Waals surface area (Å²) in [5.41, 5.74) is -0.210. The van der Waals surface area contributed by atoms with Crippen molar-refractivity contribution in [2.75, 3.05) is 0 Å². The molecule has 1 heterocycles. The first-order chi connectivity index (χ1) is 9.83. The van der Waals surface area contributed by atoms with Crippen LogP contribution in [-0.4, -0.2) is 23.7 Å². The SMILES string of the molecule is Cc1nc(CNS(=O)(=O)c2cc(Cl)cc(CO)c2F)no1. The molecule has 2 aromatic rings. The number of sulfonamides is 1. The molecule has 7 nitrogen and oxygen atoms in total. The van der Waals surface area contributed by atoms with E-state index in [1.165, 1.54) is 0 Å². The zero-order chi connectivity index (χ0) is 15.6. The third kappa shape index (κ3) is 3.56. The van der Waals surface area contributed by atoms with Crippen molar-refractivity contribution in [1.29, 1.82) is 0 Å². The van der Waals surface area contributed by atoms with E-state index in [9.17, 15) is 12.8 Å². The van der Waals surface area contributed by atoms with Gasteiger partial charge in [-0.15, -0.1) is 0 Å². The summed E-state index contributed by atoms with van der Waals surface area (Å²) in [5.74, 6) is -0.666. The zero-order valence-corrected chi connectivity index (χ0v) is 12.4. The summed E-state index contributed by atoms with van der Waals surface area (Å²) in [6.07, 6.45) is 0. The smallest absolute Gasteiger partial charge is 0.243 e. The molecule has 2 rings (SSSR count). The number of nitrogens with one attached hydrogen (secondary N) is 1. The second kappa shape index (κ2) is 6.06. The predicted molar refractivity (Wildman–Crippen MR) is 70.4 cm³/mol. The van der Waals surface area contributed by atoms with E-state index in [0.717, 1.165) is 12.1 Å². The number of hydrogen-bond donors (Lipinski definition) is 2. The average molecular weight is 336 g/mol. The van der Waals surface area contributed by atoms with Crippen molar-refractivity contribution >= 4 is 21.6 Å². The highest BCUT2D eigenvalue weighted by molar-refractivity contribution is 7.89. The van der Waals surface area contributed by atoms with Crippen LogP contribution in [-0.2, 0) is 23.2 Å². The van der Waals surface area contributed by atoms with Gasteiger partial charge in [0.2, 0.25) is 15.9 Å². The Balaban J connectivity index is 2.29. The van der Waals surface area contributed by atoms with E-state index in [1.807, 2.05) is 0 Å². The first-order valence-electron chi connectivity index (χ1n) is 5.71. The van der Waals surface area contributed by atoms with Crippen LogP contribution in [0.25, 0.3) is 0 Å². The Morgan fingerprint density at radius 3 is 2.76 bits per heavy atom. The largest absolute Gasteiger partial charge is 0.392 e. The van der Waals surface area contributed by atoms with Gasteiger partial charge in [-0.1, -0.05) is 16.8 Å². The fourth-order valence-corrected chi connectivity index (χ4v) is 3.01. The molecule has 1 aromatic heterocycles. The fourth-order valence-electron chi connectivity index (χ4n) is 1.58. The lowest BCUT2D eigenvalue weighted by Crippen LogP contribution is -2.25. The van der Waals surface area contributed by atoms with Gasteiger partial charge in [-0.3, -0.25) is 0 Å². The average Bonchev–Trinajstić information content (AvgIpc) is 2.84. The molecule has 0 aliphatic heterocycles. The molecule has 0 fully saturated rings. The van der Waals surface area contributed by atoms with Crippen LogP contribution in [0.3, 0.4) is 0 Å². The summed E-state index contributed by atoms with van der Waals surface area (Å²) < 4.78 is 45.0. The molecule has 0 bridgehead atoms. The van der Waals surface area contributed by atoms with E-state index in [4.69, 9.17) is 21.2 Å². The van der Waals surface area contributed by atoms with Gasteiger partial charge in [0.05, 0.1) is 13.2 Å². The molecular weight excluding hydrogens is 325 g/mol. The highest BCUT2D eigenvalue weighted by atomic mass is 35.5. The molecule has 114 valence electrons. The maximum absolute atomic E-state index is 14.0. The van der Waals surface area contributed by atoms with E-state index in [2.05, 4.69) is 14.9 Å². The summed E-state index contributed by atoms with van der Waals surface area (Å²) in [5, 5.41) is 12.5. The minimum atomic E-state index is -4.18. The van der Waals surface area contributed by atoms with Crippen LogP contribution in [0, 0.1) is 12.7 Å². The number of aromatic nitrogens is 2. The lowest BCUT2D eigenvalue weighted by molar-refractivity contribution is 0.274. The Labute approximate surface area is 124 Å². The Morgan fingerprint density at radius 1 is 1.48 bits per heavy atom. The molecular formula is C11H11ClFN3O4S. The van der Waals surface area contributed by atoms with E-state index in [0.29, 0.717) is 0 Å². The molecule has 0 spiro atoms. The topological polar surface area (TPSA) is 105 Å². The van der Waals surface area contributed by atoms with Crippen molar-refractivity contribution in [3.63, 3.8) is 0 Å². The number of aryl methyl sites for hydroxylation is 1. The number of aliphatic hydroxyl groups excluding tert-OH is 1. The molecule has 2 N–H and O–H groups in total. The zero-order valence-electron chi connectivity index (χ0n) is 10.8. The quantitative estimate of drug-likeness (QED) is 0.849. The summed E-state index contributed by atoms with van der Waals surface area (Å²) >= 11 is 5.72. The molecule has 0 aliphatic carbocycles. The van der Waals surface area contributed by atoms with Crippen molar-refractivity contribution in [2.24, 2.45) is 0 Å². The number of rotatable bonds is 5. The molecule has 0 unspecified atom stereocenters. The fraction of sp³-hybridized carbons (Fsp3) is 0.273. The summed E-state index contributed by atoms with van der Waals surface area (Å²) in [7, 11) is -4.18. The van der Waals surface area contributed by atoms with E-state index >= 15 is 0 Å². The van der Waals surface area contributed by atoms with E-state index < -0.39 is 27.3 Å². The van der Waals surface area contributed by atoms with Crippen LogP contribution in [0.2, 0.25) is 5.02 Å². The molecule has 0 aliphatic rings. The van der Waals surface area contributed by atoms with Crippen LogP contribution >= 0.6 is 11.6 Å². The van der Waals surface area contributed by atoms with Gasteiger partial charge in [-0.25, -0.2) is 17.5 Å².